The summed E-state index contributed by atoms with van der Waals surface area (Å²) in [6.45, 7) is 10.0. The Balaban J connectivity index is 1.18. The fourth-order valence-electron chi connectivity index (χ4n) is 4.48. The van der Waals surface area contributed by atoms with Crippen LogP contribution in [0.1, 0.15) is 22.8 Å². The second-order valence-electron chi connectivity index (χ2n) is 8.89. The third-order valence-corrected chi connectivity index (χ3v) is 6.60. The highest BCUT2D eigenvalue weighted by Gasteiger charge is 2.25. The van der Waals surface area contributed by atoms with E-state index in [0.29, 0.717) is 18.7 Å². The first-order valence-corrected chi connectivity index (χ1v) is 12.3. The maximum atomic E-state index is 12.9. The van der Waals surface area contributed by atoms with Gasteiger partial charge in [-0.15, -0.1) is 0 Å². The molecule has 0 aliphatic carbocycles. The molecule has 2 saturated heterocycles. The molecule has 0 saturated carbocycles. The van der Waals surface area contributed by atoms with Crippen molar-refractivity contribution in [3.05, 3.63) is 53.7 Å². The van der Waals surface area contributed by atoms with Gasteiger partial charge in [0.25, 0.3) is 0 Å². The van der Waals surface area contributed by atoms with Crippen LogP contribution in [-0.2, 0) is 16.1 Å². The number of methoxy groups -OCH3 is 1. The Morgan fingerprint density at radius 3 is 2.17 bits per heavy atom. The molecule has 3 heterocycles. The van der Waals surface area contributed by atoms with Crippen LogP contribution in [0.3, 0.4) is 0 Å². The fourth-order valence-corrected chi connectivity index (χ4v) is 4.48. The minimum absolute atomic E-state index is 0.208. The molecule has 0 N–H and O–H groups in total. The van der Waals surface area contributed by atoms with Gasteiger partial charge in [-0.3, -0.25) is 14.6 Å². The molecular weight excluding hydrogens is 446 g/mol. The van der Waals surface area contributed by atoms with Gasteiger partial charge in [0.2, 0.25) is 5.91 Å². The lowest BCUT2D eigenvalue weighted by Crippen LogP contribution is -2.53. The van der Waals surface area contributed by atoms with E-state index in [0.717, 1.165) is 70.5 Å². The van der Waals surface area contributed by atoms with Crippen LogP contribution in [0.4, 0.5) is 5.82 Å². The quantitative estimate of drug-likeness (QED) is 0.528. The molecular formula is C26H35N5O4. The van der Waals surface area contributed by atoms with Crippen LogP contribution in [0, 0.1) is 0 Å². The van der Waals surface area contributed by atoms with E-state index in [9.17, 15) is 9.59 Å². The molecule has 9 heteroatoms. The number of rotatable bonds is 8. The molecule has 2 aliphatic heterocycles. The Morgan fingerprint density at radius 2 is 1.57 bits per heavy atom. The zero-order valence-electron chi connectivity index (χ0n) is 20.7. The van der Waals surface area contributed by atoms with Crippen LogP contribution in [0.5, 0.6) is 5.75 Å². The summed E-state index contributed by atoms with van der Waals surface area (Å²) in [6, 6.07) is 11.8. The molecule has 0 spiro atoms. The van der Waals surface area contributed by atoms with Crippen molar-refractivity contribution in [3.8, 4) is 5.75 Å². The maximum absolute atomic E-state index is 12.9. The summed E-state index contributed by atoms with van der Waals surface area (Å²) in [6.07, 6.45) is 1.57. The summed E-state index contributed by atoms with van der Waals surface area (Å²) in [5.74, 6) is 1.57. The Hall–Kier alpha value is -3.17. The van der Waals surface area contributed by atoms with Crippen molar-refractivity contribution >= 4 is 17.7 Å². The zero-order chi connectivity index (χ0) is 24.6. The number of hydrogen-bond acceptors (Lipinski definition) is 8. The van der Waals surface area contributed by atoms with Crippen LogP contribution >= 0.6 is 0 Å². The molecule has 0 unspecified atom stereocenters. The van der Waals surface area contributed by atoms with E-state index in [1.807, 2.05) is 23.1 Å². The largest absolute Gasteiger partial charge is 0.497 e. The molecule has 1 aromatic heterocycles. The van der Waals surface area contributed by atoms with Gasteiger partial charge in [-0.1, -0.05) is 12.1 Å². The van der Waals surface area contributed by atoms with Gasteiger partial charge in [-0.05, 0) is 36.8 Å². The normalized spacial score (nSPS) is 17.3. The summed E-state index contributed by atoms with van der Waals surface area (Å²) in [5, 5.41) is 0. The number of anilines is 1. The molecule has 1 amide bonds. The predicted molar refractivity (Wildman–Crippen MR) is 134 cm³/mol. The van der Waals surface area contributed by atoms with Gasteiger partial charge < -0.3 is 19.3 Å². The minimum atomic E-state index is -0.351. The van der Waals surface area contributed by atoms with Crippen LogP contribution in [0.25, 0.3) is 0 Å². The van der Waals surface area contributed by atoms with E-state index < -0.39 is 0 Å². The number of benzene rings is 1. The molecule has 1 aromatic carbocycles. The zero-order valence-corrected chi connectivity index (χ0v) is 20.7. The van der Waals surface area contributed by atoms with Crippen LogP contribution in [-0.4, -0.2) is 104 Å². The Labute approximate surface area is 207 Å². The SMILES string of the molecule is CCOC(=O)c1ccc(N2CCN(CC(=O)N3CCN(Cc4ccc(OC)cc4)CC3)CC2)nc1. The van der Waals surface area contributed by atoms with E-state index in [2.05, 4.69) is 31.8 Å². The minimum Gasteiger partial charge on any atom is -0.497 e. The number of pyridine rings is 1. The molecule has 2 fully saturated rings. The van der Waals surface area contributed by atoms with Crippen molar-refractivity contribution in [1.29, 1.82) is 0 Å². The number of nitrogens with zero attached hydrogens (tertiary/aromatic N) is 5. The van der Waals surface area contributed by atoms with Gasteiger partial charge >= 0.3 is 5.97 Å². The van der Waals surface area contributed by atoms with E-state index in [1.54, 1.807) is 26.3 Å². The van der Waals surface area contributed by atoms with Gasteiger partial charge in [0, 0.05) is 65.1 Å². The van der Waals surface area contributed by atoms with Crippen LogP contribution < -0.4 is 9.64 Å². The smallest absolute Gasteiger partial charge is 0.339 e. The summed E-state index contributed by atoms with van der Waals surface area (Å²) in [4.78, 5) is 37.9. The highest BCUT2D eigenvalue weighted by Crippen LogP contribution is 2.16. The molecule has 4 rings (SSSR count). The third kappa shape index (κ3) is 6.70. The number of esters is 1. The molecule has 9 nitrogen and oxygen atoms in total. The highest BCUT2D eigenvalue weighted by molar-refractivity contribution is 5.89. The Bertz CT molecular complexity index is 966. The standard InChI is InChI=1S/C26H35N5O4/c1-3-35-26(33)22-6-9-24(27-18-22)30-14-10-29(11-15-30)20-25(32)31-16-12-28(13-17-31)19-21-4-7-23(34-2)8-5-21/h4-9,18H,3,10-17,19-20H2,1-2H3. The first kappa shape index (κ1) is 24.9. The Kier molecular flexibility index (Phi) is 8.54. The van der Waals surface area contributed by atoms with Crippen molar-refractivity contribution in [3.63, 3.8) is 0 Å². The van der Waals surface area contributed by atoms with Crippen LogP contribution in [0.15, 0.2) is 42.6 Å². The monoisotopic (exact) mass is 481 g/mol. The number of hydrogen-bond donors (Lipinski definition) is 0. The number of amides is 1. The number of piperazine rings is 2. The van der Waals surface area contributed by atoms with Gasteiger partial charge in [0.1, 0.15) is 11.6 Å². The lowest BCUT2D eigenvalue weighted by Gasteiger charge is -2.38. The van der Waals surface area contributed by atoms with Gasteiger partial charge in [0.15, 0.2) is 0 Å². The molecule has 2 aliphatic rings. The average molecular weight is 482 g/mol. The Morgan fingerprint density at radius 1 is 0.886 bits per heavy atom. The van der Waals surface area contributed by atoms with Crippen molar-refractivity contribution in [2.45, 2.75) is 13.5 Å². The lowest BCUT2D eigenvalue weighted by atomic mass is 10.2. The van der Waals surface area contributed by atoms with E-state index in [4.69, 9.17) is 9.47 Å². The highest BCUT2D eigenvalue weighted by atomic mass is 16.5. The molecule has 0 radical (unpaired) electrons. The first-order chi connectivity index (χ1) is 17.1. The van der Waals surface area contributed by atoms with Crippen molar-refractivity contribution in [1.82, 2.24) is 19.7 Å². The fraction of sp³-hybridized carbons (Fsp3) is 0.500. The van der Waals surface area contributed by atoms with E-state index in [-0.39, 0.29) is 11.9 Å². The van der Waals surface area contributed by atoms with Gasteiger partial charge in [-0.25, -0.2) is 9.78 Å². The van der Waals surface area contributed by atoms with Crippen molar-refractivity contribution < 1.29 is 19.1 Å². The molecule has 0 bridgehead atoms. The van der Waals surface area contributed by atoms with Crippen LogP contribution in [0.2, 0.25) is 0 Å². The van der Waals surface area contributed by atoms with E-state index >= 15 is 0 Å². The number of aromatic nitrogens is 1. The van der Waals surface area contributed by atoms with Gasteiger partial charge in [0.05, 0.1) is 25.8 Å². The number of carbonyl (C=O) groups is 2. The van der Waals surface area contributed by atoms with Gasteiger partial charge in [-0.2, -0.15) is 0 Å². The van der Waals surface area contributed by atoms with Crippen molar-refractivity contribution in [2.24, 2.45) is 0 Å². The maximum Gasteiger partial charge on any atom is 0.339 e. The summed E-state index contributed by atoms with van der Waals surface area (Å²) in [7, 11) is 1.68. The lowest BCUT2D eigenvalue weighted by molar-refractivity contribution is -0.134. The molecule has 188 valence electrons. The van der Waals surface area contributed by atoms with Crippen molar-refractivity contribution in [2.75, 3.05) is 77.5 Å². The molecule has 2 aromatic rings. The topological polar surface area (TPSA) is 78.5 Å². The number of ether oxygens (including phenoxy) is 2. The summed E-state index contributed by atoms with van der Waals surface area (Å²) >= 11 is 0. The second-order valence-corrected chi connectivity index (χ2v) is 8.89. The van der Waals surface area contributed by atoms with E-state index in [1.165, 1.54) is 5.56 Å². The predicted octanol–water partition coefficient (Wildman–Crippen LogP) is 1.73. The average Bonchev–Trinajstić information content (AvgIpc) is 2.90. The number of carbonyl (C=O) groups excluding carboxylic acids is 2. The molecule has 35 heavy (non-hydrogen) atoms. The third-order valence-electron chi connectivity index (χ3n) is 6.60. The first-order valence-electron chi connectivity index (χ1n) is 12.3. The summed E-state index contributed by atoms with van der Waals surface area (Å²) < 4.78 is 10.2. The molecule has 0 atom stereocenters. The summed E-state index contributed by atoms with van der Waals surface area (Å²) in [5.41, 5.74) is 1.72. The second kappa shape index (κ2) is 12.0.